The van der Waals surface area contributed by atoms with Gasteiger partial charge in [0.25, 0.3) is 0 Å². The molecular weight excluding hydrogens is 239 g/mol. The average molecular weight is 256 g/mol. The molecule has 0 radical (unpaired) electrons. The maximum Gasteiger partial charge on any atom is 0.186 e. The first-order chi connectivity index (χ1) is 8.66. The maximum absolute atomic E-state index is 13.3. The second kappa shape index (κ2) is 6.24. The van der Waals surface area contributed by atoms with E-state index < -0.39 is 18.4 Å². The summed E-state index contributed by atoms with van der Waals surface area (Å²) in [5.41, 5.74) is 2.16. The Morgan fingerprint density at radius 2 is 2.06 bits per heavy atom. The van der Waals surface area contributed by atoms with Crippen molar-refractivity contribution in [2.45, 2.75) is 26.0 Å². The number of aryl methyl sites for hydroxylation is 1. The number of alkyl halides is 1. The summed E-state index contributed by atoms with van der Waals surface area (Å²) < 4.78 is 18.0. The predicted molar refractivity (Wildman–Crippen MR) is 62.3 cm³/mol. The predicted octanol–water partition coefficient (Wildman–Crippen LogP) is 1.75. The first-order valence-corrected chi connectivity index (χ1v) is 5.90. The molecule has 1 aliphatic heterocycles. The number of hydrogen-bond acceptors (Lipinski definition) is 4. The van der Waals surface area contributed by atoms with E-state index in [9.17, 15) is 4.39 Å². The molecule has 1 aromatic rings. The third-order valence-corrected chi connectivity index (χ3v) is 2.92. The molecule has 1 heterocycles. The van der Waals surface area contributed by atoms with Crippen LogP contribution >= 0.6 is 0 Å². The molecule has 4 nitrogen and oxygen atoms in total. The van der Waals surface area contributed by atoms with Crippen LogP contribution in [0.15, 0.2) is 24.3 Å². The van der Waals surface area contributed by atoms with Gasteiger partial charge in [-0.05, 0) is 12.5 Å². The van der Waals surface area contributed by atoms with E-state index in [-0.39, 0.29) is 13.2 Å². The number of rotatable bonds is 5. The van der Waals surface area contributed by atoms with E-state index in [1.165, 1.54) is 5.56 Å². The number of ether oxygens (including phenoxy) is 1. The van der Waals surface area contributed by atoms with Crippen molar-refractivity contribution in [1.29, 1.82) is 0 Å². The monoisotopic (exact) mass is 256 g/mol. The molecular formula is C13H17FO4. The Balaban J connectivity index is 1.66. The minimum Gasteiger partial charge on any atom is -0.366 e. The van der Waals surface area contributed by atoms with Gasteiger partial charge in [0, 0.05) is 5.92 Å². The van der Waals surface area contributed by atoms with Crippen LogP contribution in [-0.4, -0.2) is 30.8 Å². The summed E-state index contributed by atoms with van der Waals surface area (Å²) >= 11 is 0. The first kappa shape index (κ1) is 13.4. The molecule has 1 aromatic carbocycles. The molecule has 1 fully saturated rings. The first-order valence-electron chi connectivity index (χ1n) is 5.90. The van der Waals surface area contributed by atoms with E-state index >= 15 is 0 Å². The van der Waals surface area contributed by atoms with Crippen LogP contribution in [0.1, 0.15) is 11.1 Å². The SMILES string of the molecule is Cc1ccc(COOC[C@H]2COC(O)[C@H]2F)cc1. The van der Waals surface area contributed by atoms with Crippen molar-refractivity contribution in [3.8, 4) is 0 Å². The molecule has 0 amide bonds. The van der Waals surface area contributed by atoms with Crippen molar-refractivity contribution in [2.75, 3.05) is 13.2 Å². The van der Waals surface area contributed by atoms with Crippen molar-refractivity contribution < 1.29 is 24.0 Å². The molecule has 0 bridgehead atoms. The summed E-state index contributed by atoms with van der Waals surface area (Å²) in [5, 5.41) is 9.04. The Labute approximate surface area is 105 Å². The molecule has 0 aliphatic carbocycles. The zero-order chi connectivity index (χ0) is 13.0. The van der Waals surface area contributed by atoms with Gasteiger partial charge in [-0.1, -0.05) is 29.8 Å². The van der Waals surface area contributed by atoms with Crippen molar-refractivity contribution in [3.05, 3.63) is 35.4 Å². The van der Waals surface area contributed by atoms with Gasteiger partial charge in [0.05, 0.1) is 13.2 Å². The van der Waals surface area contributed by atoms with E-state index in [0.29, 0.717) is 6.61 Å². The Kier molecular flexibility index (Phi) is 4.66. The maximum atomic E-state index is 13.3. The highest BCUT2D eigenvalue weighted by Gasteiger charge is 2.36. The van der Waals surface area contributed by atoms with E-state index in [1.54, 1.807) is 0 Å². The Hall–Kier alpha value is -1.01. The third-order valence-electron chi connectivity index (χ3n) is 2.92. The van der Waals surface area contributed by atoms with Crippen molar-refractivity contribution in [2.24, 2.45) is 5.92 Å². The average Bonchev–Trinajstić information content (AvgIpc) is 2.68. The van der Waals surface area contributed by atoms with Crippen molar-refractivity contribution in [3.63, 3.8) is 0 Å². The minimum atomic E-state index is -1.41. The van der Waals surface area contributed by atoms with E-state index in [2.05, 4.69) is 0 Å². The van der Waals surface area contributed by atoms with Crippen LogP contribution in [-0.2, 0) is 21.1 Å². The van der Waals surface area contributed by atoms with Gasteiger partial charge in [0.15, 0.2) is 12.5 Å². The molecule has 100 valence electrons. The lowest BCUT2D eigenvalue weighted by Gasteiger charge is -2.11. The third kappa shape index (κ3) is 3.49. The Morgan fingerprint density at radius 1 is 1.33 bits per heavy atom. The van der Waals surface area contributed by atoms with Gasteiger partial charge < -0.3 is 9.84 Å². The van der Waals surface area contributed by atoms with E-state index in [0.717, 1.165) is 5.56 Å². The Bertz CT molecular complexity index is 368. The van der Waals surface area contributed by atoms with Crippen LogP contribution in [0.25, 0.3) is 0 Å². The second-order valence-electron chi connectivity index (χ2n) is 4.46. The van der Waals surface area contributed by atoms with Crippen LogP contribution in [0.5, 0.6) is 0 Å². The fourth-order valence-electron chi connectivity index (χ4n) is 1.71. The van der Waals surface area contributed by atoms with Crippen molar-refractivity contribution >= 4 is 0 Å². The summed E-state index contributed by atoms with van der Waals surface area (Å²) in [6, 6.07) is 7.85. The fraction of sp³-hybridized carbons (Fsp3) is 0.538. The van der Waals surface area contributed by atoms with E-state index in [1.807, 2.05) is 31.2 Å². The molecule has 5 heteroatoms. The summed E-state index contributed by atoms with van der Waals surface area (Å²) in [7, 11) is 0. The van der Waals surface area contributed by atoms with Gasteiger partial charge in [-0.25, -0.2) is 14.2 Å². The summed E-state index contributed by atoms with van der Waals surface area (Å²) in [6.07, 6.45) is -2.75. The number of halogens is 1. The fourth-order valence-corrected chi connectivity index (χ4v) is 1.71. The Morgan fingerprint density at radius 3 is 2.67 bits per heavy atom. The molecule has 18 heavy (non-hydrogen) atoms. The van der Waals surface area contributed by atoms with Gasteiger partial charge in [0.2, 0.25) is 0 Å². The smallest absolute Gasteiger partial charge is 0.186 e. The molecule has 1 aliphatic rings. The van der Waals surface area contributed by atoms with Crippen LogP contribution in [0.4, 0.5) is 4.39 Å². The van der Waals surface area contributed by atoms with Gasteiger partial charge >= 0.3 is 0 Å². The van der Waals surface area contributed by atoms with Gasteiger partial charge in [-0.3, -0.25) is 0 Å². The number of benzene rings is 1. The highest BCUT2D eigenvalue weighted by Crippen LogP contribution is 2.22. The van der Waals surface area contributed by atoms with Crippen LogP contribution in [0.2, 0.25) is 0 Å². The molecule has 0 spiro atoms. The molecule has 1 saturated heterocycles. The lowest BCUT2D eigenvalue weighted by Crippen LogP contribution is -2.24. The largest absolute Gasteiger partial charge is 0.366 e. The number of aliphatic hydroxyl groups is 1. The highest BCUT2D eigenvalue weighted by molar-refractivity contribution is 5.20. The summed E-state index contributed by atoms with van der Waals surface area (Å²) in [6.45, 7) is 2.54. The molecule has 1 unspecified atom stereocenters. The second-order valence-corrected chi connectivity index (χ2v) is 4.46. The van der Waals surface area contributed by atoms with Crippen LogP contribution < -0.4 is 0 Å². The van der Waals surface area contributed by atoms with E-state index in [4.69, 9.17) is 19.6 Å². The molecule has 2 rings (SSSR count). The lowest BCUT2D eigenvalue weighted by atomic mass is 10.1. The zero-order valence-electron chi connectivity index (χ0n) is 10.2. The van der Waals surface area contributed by atoms with Gasteiger partial charge in [-0.2, -0.15) is 0 Å². The number of hydrogen-bond donors (Lipinski definition) is 1. The minimum absolute atomic E-state index is 0.0735. The number of aliphatic hydroxyl groups excluding tert-OH is 1. The van der Waals surface area contributed by atoms with Crippen molar-refractivity contribution in [1.82, 2.24) is 0 Å². The van der Waals surface area contributed by atoms with Gasteiger partial charge in [-0.15, -0.1) is 0 Å². The lowest BCUT2D eigenvalue weighted by molar-refractivity contribution is -0.311. The van der Waals surface area contributed by atoms with Crippen LogP contribution in [0, 0.1) is 12.8 Å². The van der Waals surface area contributed by atoms with Gasteiger partial charge in [0.1, 0.15) is 6.61 Å². The normalized spacial score (nSPS) is 27.6. The quantitative estimate of drug-likeness (QED) is 0.495. The summed E-state index contributed by atoms with van der Waals surface area (Å²) in [5.74, 6) is -0.474. The molecule has 0 aromatic heterocycles. The summed E-state index contributed by atoms with van der Waals surface area (Å²) in [4.78, 5) is 9.94. The molecule has 1 N–H and O–H groups in total. The topological polar surface area (TPSA) is 47.9 Å². The molecule has 3 atom stereocenters. The van der Waals surface area contributed by atoms with Crippen LogP contribution in [0.3, 0.4) is 0 Å². The zero-order valence-corrected chi connectivity index (χ0v) is 10.2. The highest BCUT2D eigenvalue weighted by atomic mass is 19.1. The standard InChI is InChI=1S/C13H17FO4/c1-9-2-4-10(5-3-9)6-17-18-8-11-7-16-13(15)12(11)14/h2-5,11-13,15H,6-8H2,1H3/t11-,12+,13?/m1/s1. The molecule has 0 saturated carbocycles.